The second-order valence-corrected chi connectivity index (χ2v) is 6.07. The Kier molecular flexibility index (Phi) is 5.05. The Hall–Kier alpha value is -1.86. The number of carboxylic acids is 1. The number of ether oxygens (including phenoxy) is 1. The second kappa shape index (κ2) is 6.57. The molecule has 1 aliphatic heterocycles. The van der Waals surface area contributed by atoms with Crippen LogP contribution in [0.5, 0.6) is 0 Å². The predicted molar refractivity (Wildman–Crippen MR) is 72.2 cm³/mol. The van der Waals surface area contributed by atoms with Crippen molar-refractivity contribution in [3.05, 3.63) is 32.6 Å². The number of aliphatic hydroxyl groups is 2. The number of nitrogens with one attached hydrogen (secondary N) is 1. The minimum Gasteiger partial charge on any atom is -0.477 e. The van der Waals surface area contributed by atoms with Crippen molar-refractivity contribution in [1.29, 1.82) is 0 Å². The van der Waals surface area contributed by atoms with Crippen LogP contribution in [0.25, 0.3) is 0 Å². The molecule has 13 nitrogen and oxygen atoms in total. The molecule has 2 heterocycles. The van der Waals surface area contributed by atoms with Gasteiger partial charge in [0.2, 0.25) is 0 Å². The molecule has 0 aromatic carbocycles. The fourth-order valence-corrected chi connectivity index (χ4v) is 2.51. The predicted octanol–water partition coefficient (Wildman–Crippen LogP) is -3.04. The van der Waals surface area contributed by atoms with Gasteiger partial charge in [0.1, 0.15) is 24.0 Å². The minimum absolute atomic E-state index is 0.398. The molecule has 4 atom stereocenters. The van der Waals surface area contributed by atoms with Crippen LogP contribution in [0.2, 0.25) is 0 Å². The highest BCUT2D eigenvalue weighted by Crippen LogP contribution is 2.38. The van der Waals surface area contributed by atoms with E-state index in [1.54, 1.807) is 4.98 Å². The molecule has 0 spiro atoms. The standard InChI is InChI=1S/C10H13N2O11P/c13-5-1-3(9(16)17)12(10(18)11-5)8-7(15)6(14)4(23-8)2-22-24(19,20)21/h1,4,6-8,14-15H,2H2,(H,16,17)(H,11,13,18)(H2,19,20,21)/t4-,6+,7-,8-/m1/s1. The SMILES string of the molecule is O=C(O)c1cc(=O)[nH]c(=O)n1[C@@H]1O[C@H](COP(=O)(O)O)[C@H](O)[C@H]1O. The van der Waals surface area contributed by atoms with Crippen LogP contribution in [0.4, 0.5) is 0 Å². The molecule has 14 heteroatoms. The van der Waals surface area contributed by atoms with Crippen LogP contribution in [0.15, 0.2) is 15.7 Å². The lowest BCUT2D eigenvalue weighted by Gasteiger charge is -2.19. The van der Waals surface area contributed by atoms with Crippen LogP contribution in [0, 0.1) is 0 Å². The van der Waals surface area contributed by atoms with Gasteiger partial charge < -0.3 is 29.8 Å². The number of carboxylic acid groups (broad SMARTS) is 1. The van der Waals surface area contributed by atoms with Gasteiger partial charge in [0.05, 0.1) is 6.61 Å². The van der Waals surface area contributed by atoms with E-state index in [2.05, 4.69) is 4.52 Å². The number of hydrogen-bond donors (Lipinski definition) is 6. The van der Waals surface area contributed by atoms with Gasteiger partial charge in [-0.3, -0.25) is 18.9 Å². The first-order valence-corrected chi connectivity index (χ1v) is 7.85. The molecule has 24 heavy (non-hydrogen) atoms. The number of phosphoric ester groups is 1. The molecule has 0 radical (unpaired) electrons. The van der Waals surface area contributed by atoms with E-state index in [0.717, 1.165) is 0 Å². The molecule has 1 fully saturated rings. The molecule has 2 rings (SSSR count). The molecule has 0 bridgehead atoms. The molecule has 1 aromatic heterocycles. The van der Waals surface area contributed by atoms with Crippen molar-refractivity contribution >= 4 is 13.8 Å². The van der Waals surface area contributed by atoms with Gasteiger partial charge in [0, 0.05) is 6.07 Å². The van der Waals surface area contributed by atoms with Gasteiger partial charge in [0.25, 0.3) is 5.56 Å². The Morgan fingerprint density at radius 3 is 2.50 bits per heavy atom. The largest absolute Gasteiger partial charge is 0.477 e. The first kappa shape index (κ1) is 18.5. The lowest BCUT2D eigenvalue weighted by atomic mass is 10.1. The molecule has 1 aromatic rings. The molecule has 0 amide bonds. The highest BCUT2D eigenvalue weighted by molar-refractivity contribution is 7.46. The first-order chi connectivity index (χ1) is 11.0. The van der Waals surface area contributed by atoms with E-state index in [0.29, 0.717) is 10.6 Å². The third-order valence-corrected chi connectivity index (χ3v) is 3.68. The second-order valence-electron chi connectivity index (χ2n) is 4.83. The quantitative estimate of drug-likeness (QED) is 0.288. The van der Waals surface area contributed by atoms with Crippen molar-refractivity contribution < 1.29 is 43.7 Å². The summed E-state index contributed by atoms with van der Waals surface area (Å²) in [5, 5.41) is 28.8. The zero-order valence-electron chi connectivity index (χ0n) is 11.7. The zero-order valence-corrected chi connectivity index (χ0v) is 12.6. The first-order valence-electron chi connectivity index (χ1n) is 6.32. The molecule has 134 valence electrons. The Morgan fingerprint density at radius 1 is 1.33 bits per heavy atom. The molecule has 1 aliphatic rings. The number of carbonyl (C=O) groups is 1. The van der Waals surface area contributed by atoms with Crippen LogP contribution in [-0.4, -0.2) is 65.5 Å². The number of rotatable bonds is 5. The maximum atomic E-state index is 11.8. The van der Waals surface area contributed by atoms with Crippen molar-refractivity contribution in [1.82, 2.24) is 9.55 Å². The molecule has 6 N–H and O–H groups in total. The van der Waals surface area contributed by atoms with E-state index >= 15 is 0 Å². The monoisotopic (exact) mass is 368 g/mol. The van der Waals surface area contributed by atoms with Gasteiger partial charge >= 0.3 is 19.5 Å². The minimum atomic E-state index is -4.88. The summed E-state index contributed by atoms with van der Waals surface area (Å²) in [6, 6.07) is 0.575. The van der Waals surface area contributed by atoms with Crippen molar-refractivity contribution in [3.63, 3.8) is 0 Å². The summed E-state index contributed by atoms with van der Waals surface area (Å²) in [4.78, 5) is 53.2. The van der Waals surface area contributed by atoms with E-state index in [1.165, 1.54) is 0 Å². The van der Waals surface area contributed by atoms with E-state index in [9.17, 15) is 29.2 Å². The summed E-state index contributed by atoms with van der Waals surface area (Å²) >= 11 is 0. The highest BCUT2D eigenvalue weighted by atomic mass is 31.2. The zero-order chi connectivity index (χ0) is 18.2. The summed E-state index contributed by atoms with van der Waals surface area (Å²) < 4.78 is 20.3. The summed E-state index contributed by atoms with van der Waals surface area (Å²) in [7, 11) is -4.88. The highest BCUT2D eigenvalue weighted by Gasteiger charge is 2.46. The lowest BCUT2D eigenvalue weighted by molar-refractivity contribution is -0.0555. The van der Waals surface area contributed by atoms with Gasteiger partial charge in [-0.2, -0.15) is 0 Å². The molecule has 0 saturated carbocycles. The normalized spacial score (nSPS) is 27.3. The van der Waals surface area contributed by atoms with Gasteiger partial charge in [-0.05, 0) is 0 Å². The third kappa shape index (κ3) is 3.79. The number of aromatic carboxylic acids is 1. The van der Waals surface area contributed by atoms with Crippen molar-refractivity contribution in [2.24, 2.45) is 0 Å². The average Bonchev–Trinajstić information content (AvgIpc) is 2.71. The van der Waals surface area contributed by atoms with E-state index in [1.807, 2.05) is 0 Å². The van der Waals surface area contributed by atoms with Gasteiger partial charge in [-0.25, -0.2) is 14.2 Å². The Balaban J connectivity index is 2.37. The molecular weight excluding hydrogens is 355 g/mol. The summed E-state index contributed by atoms with van der Waals surface area (Å²) in [5.41, 5.74) is -3.02. The molecule has 1 saturated heterocycles. The number of aliphatic hydroxyl groups excluding tert-OH is 2. The number of aromatic amines is 1. The van der Waals surface area contributed by atoms with Gasteiger partial charge in [-0.1, -0.05) is 0 Å². The Bertz CT molecular complexity index is 795. The van der Waals surface area contributed by atoms with Crippen molar-refractivity contribution in [2.45, 2.75) is 24.5 Å². The van der Waals surface area contributed by atoms with Gasteiger partial charge in [0.15, 0.2) is 6.23 Å². The Labute approximate surface area is 131 Å². The Morgan fingerprint density at radius 2 is 1.96 bits per heavy atom. The van der Waals surface area contributed by atoms with E-state index in [4.69, 9.17) is 19.6 Å². The molecule has 0 unspecified atom stereocenters. The number of H-pyrrole nitrogens is 1. The van der Waals surface area contributed by atoms with Crippen molar-refractivity contribution in [3.8, 4) is 0 Å². The maximum absolute atomic E-state index is 11.8. The van der Waals surface area contributed by atoms with Crippen molar-refractivity contribution in [2.75, 3.05) is 6.61 Å². The fourth-order valence-electron chi connectivity index (χ4n) is 2.17. The van der Waals surface area contributed by atoms with Crippen LogP contribution in [0.1, 0.15) is 16.7 Å². The number of phosphoric acid groups is 1. The maximum Gasteiger partial charge on any atom is 0.469 e. The lowest BCUT2D eigenvalue weighted by Crippen LogP contribution is -2.40. The number of aromatic nitrogens is 2. The van der Waals surface area contributed by atoms with Crippen LogP contribution in [-0.2, 0) is 13.8 Å². The van der Waals surface area contributed by atoms with Crippen LogP contribution in [0.3, 0.4) is 0 Å². The average molecular weight is 368 g/mol. The topological polar surface area (TPSA) is 209 Å². The van der Waals surface area contributed by atoms with E-state index in [-0.39, 0.29) is 0 Å². The molecule has 0 aliphatic carbocycles. The fraction of sp³-hybridized carbons (Fsp3) is 0.500. The smallest absolute Gasteiger partial charge is 0.469 e. The van der Waals surface area contributed by atoms with Crippen LogP contribution >= 0.6 is 7.82 Å². The summed E-state index contributed by atoms with van der Waals surface area (Å²) in [6.45, 7) is -0.834. The summed E-state index contributed by atoms with van der Waals surface area (Å²) in [6.07, 6.45) is -6.74. The number of hydrogen-bond acceptors (Lipinski definition) is 8. The van der Waals surface area contributed by atoms with E-state index < -0.39 is 61.9 Å². The van der Waals surface area contributed by atoms with Crippen LogP contribution < -0.4 is 11.2 Å². The molecular formula is C10H13N2O11P. The summed E-state index contributed by atoms with van der Waals surface area (Å²) in [5.74, 6) is -1.67. The number of nitrogens with zero attached hydrogens (tertiary/aromatic N) is 1. The third-order valence-electron chi connectivity index (χ3n) is 3.19. The van der Waals surface area contributed by atoms with Gasteiger partial charge in [-0.15, -0.1) is 0 Å².